The van der Waals surface area contributed by atoms with Crippen LogP contribution in [0.15, 0.2) is 73.1 Å². The summed E-state index contributed by atoms with van der Waals surface area (Å²) >= 11 is 0. The van der Waals surface area contributed by atoms with E-state index in [0.29, 0.717) is 17.7 Å². The number of ether oxygens (including phenoxy) is 1. The molecule has 1 aliphatic carbocycles. The second-order valence-electron chi connectivity index (χ2n) is 10.3. The SMILES string of the molecule is CN(C)CC=CC(=O)N1CC2CC(n3nc(-c4ccc(Oc5ccccc5)cc4)c4c(N)ncnc43)C2C1. The van der Waals surface area contributed by atoms with Crippen molar-refractivity contribution < 1.29 is 9.53 Å². The molecule has 2 N–H and O–H groups in total. The van der Waals surface area contributed by atoms with Crippen LogP contribution >= 0.6 is 0 Å². The standard InChI is InChI=1S/C29H31N7O2/c1-34(2)14-6-9-25(37)35-16-20-15-24(23(20)17-35)36-29-26(28(30)31-18-32-29)27(33-36)19-10-12-22(13-11-19)38-21-7-4-3-5-8-21/h3-13,18,20,23-24H,14-17H2,1-2H3,(H2,30,31,32). The summed E-state index contributed by atoms with van der Waals surface area (Å²) in [5.41, 5.74) is 8.75. The van der Waals surface area contributed by atoms with E-state index < -0.39 is 0 Å². The number of aromatic nitrogens is 4. The zero-order valence-electron chi connectivity index (χ0n) is 21.6. The third-order valence-corrected chi connectivity index (χ3v) is 7.51. The van der Waals surface area contributed by atoms with Gasteiger partial charge in [0.1, 0.15) is 29.3 Å². The monoisotopic (exact) mass is 509 g/mol. The van der Waals surface area contributed by atoms with Gasteiger partial charge >= 0.3 is 0 Å². The maximum atomic E-state index is 12.7. The molecule has 3 atom stereocenters. The van der Waals surface area contributed by atoms with Gasteiger partial charge in [-0.15, -0.1) is 0 Å². The number of nitrogens with two attached hydrogens (primary N) is 1. The normalized spacial score (nSPS) is 20.7. The lowest BCUT2D eigenvalue weighted by Gasteiger charge is -2.39. The van der Waals surface area contributed by atoms with Crippen LogP contribution in [0.2, 0.25) is 0 Å². The van der Waals surface area contributed by atoms with Crippen molar-refractivity contribution in [3.63, 3.8) is 0 Å². The summed E-state index contributed by atoms with van der Waals surface area (Å²) in [5, 5.41) is 5.78. The largest absolute Gasteiger partial charge is 0.457 e. The summed E-state index contributed by atoms with van der Waals surface area (Å²) in [6.07, 6.45) is 6.07. The van der Waals surface area contributed by atoms with Crippen LogP contribution in [-0.2, 0) is 4.79 Å². The Morgan fingerprint density at radius 1 is 1.08 bits per heavy atom. The summed E-state index contributed by atoms with van der Waals surface area (Å²) < 4.78 is 7.96. The van der Waals surface area contributed by atoms with E-state index in [1.807, 2.05) is 89.3 Å². The molecule has 1 saturated carbocycles. The van der Waals surface area contributed by atoms with Gasteiger partial charge in [-0.3, -0.25) is 4.79 Å². The number of likely N-dealkylation sites (tertiary alicyclic amines) is 1. The van der Waals surface area contributed by atoms with Gasteiger partial charge in [0.2, 0.25) is 5.91 Å². The molecular weight excluding hydrogens is 478 g/mol. The average Bonchev–Trinajstić information content (AvgIpc) is 3.45. The number of carbonyl (C=O) groups excluding carboxylic acids is 1. The second kappa shape index (κ2) is 9.90. The van der Waals surface area contributed by atoms with Crippen LogP contribution in [0.1, 0.15) is 12.5 Å². The number of para-hydroxylation sites is 1. The number of fused-ring (bicyclic) bond motifs is 2. The first-order valence-corrected chi connectivity index (χ1v) is 12.9. The molecule has 9 nitrogen and oxygen atoms in total. The first kappa shape index (κ1) is 24.1. The van der Waals surface area contributed by atoms with E-state index in [4.69, 9.17) is 15.6 Å². The number of likely N-dealkylation sites (N-methyl/N-ethyl adjacent to an activating group) is 1. The Hall–Kier alpha value is -4.24. The minimum absolute atomic E-state index is 0.0791. The fraction of sp³-hybridized carbons (Fsp3) is 0.310. The molecule has 2 aliphatic rings. The molecular formula is C29H31N7O2. The molecule has 0 bridgehead atoms. The van der Waals surface area contributed by atoms with Crippen molar-refractivity contribution in [2.45, 2.75) is 12.5 Å². The molecule has 3 unspecified atom stereocenters. The Labute approximate surface area is 221 Å². The van der Waals surface area contributed by atoms with E-state index >= 15 is 0 Å². The van der Waals surface area contributed by atoms with E-state index in [-0.39, 0.29) is 11.9 Å². The number of hydrogen-bond donors (Lipinski definition) is 1. The quantitative estimate of drug-likeness (QED) is 0.376. The van der Waals surface area contributed by atoms with Crippen LogP contribution < -0.4 is 10.5 Å². The number of amides is 1. The summed E-state index contributed by atoms with van der Waals surface area (Å²) in [4.78, 5) is 25.6. The van der Waals surface area contributed by atoms with Gasteiger partial charge in [-0.1, -0.05) is 24.3 Å². The fourth-order valence-electron chi connectivity index (χ4n) is 5.54. The molecule has 1 saturated heterocycles. The van der Waals surface area contributed by atoms with Crippen LogP contribution in [0.25, 0.3) is 22.3 Å². The van der Waals surface area contributed by atoms with Crippen molar-refractivity contribution in [3.8, 4) is 22.8 Å². The highest BCUT2D eigenvalue weighted by molar-refractivity contribution is 5.98. The van der Waals surface area contributed by atoms with Gasteiger partial charge < -0.3 is 20.3 Å². The number of benzene rings is 2. The predicted octanol–water partition coefficient (Wildman–Crippen LogP) is 4.01. The number of rotatable bonds is 7. The fourth-order valence-corrected chi connectivity index (χ4v) is 5.54. The van der Waals surface area contributed by atoms with Crippen molar-refractivity contribution in [1.82, 2.24) is 29.5 Å². The Bertz CT molecular complexity index is 1480. The van der Waals surface area contributed by atoms with Crippen molar-refractivity contribution in [3.05, 3.63) is 73.1 Å². The molecule has 2 aromatic carbocycles. The number of nitrogens with zero attached hydrogens (tertiary/aromatic N) is 6. The third-order valence-electron chi connectivity index (χ3n) is 7.51. The van der Waals surface area contributed by atoms with E-state index in [1.165, 1.54) is 6.33 Å². The van der Waals surface area contributed by atoms with Crippen LogP contribution in [0, 0.1) is 11.8 Å². The van der Waals surface area contributed by atoms with Crippen LogP contribution in [0.4, 0.5) is 5.82 Å². The third kappa shape index (κ3) is 4.50. The number of hydrogen-bond acceptors (Lipinski definition) is 7. The molecule has 38 heavy (non-hydrogen) atoms. The lowest BCUT2D eigenvalue weighted by Crippen LogP contribution is -2.38. The molecule has 2 fully saturated rings. The molecule has 2 aromatic heterocycles. The second-order valence-corrected chi connectivity index (χ2v) is 10.3. The zero-order valence-corrected chi connectivity index (χ0v) is 21.6. The average molecular weight is 510 g/mol. The molecule has 0 spiro atoms. The van der Waals surface area contributed by atoms with Crippen molar-refractivity contribution in [1.29, 1.82) is 0 Å². The molecule has 1 aliphatic heterocycles. The zero-order chi connectivity index (χ0) is 26.2. The topological polar surface area (TPSA) is 102 Å². The number of carbonyl (C=O) groups is 1. The van der Waals surface area contributed by atoms with Crippen molar-refractivity contribution in [2.75, 3.05) is 39.5 Å². The van der Waals surface area contributed by atoms with Crippen molar-refractivity contribution >= 4 is 22.8 Å². The predicted molar refractivity (Wildman–Crippen MR) is 147 cm³/mol. The summed E-state index contributed by atoms with van der Waals surface area (Å²) in [5.74, 6) is 2.83. The molecule has 194 valence electrons. The number of anilines is 1. The lowest BCUT2D eigenvalue weighted by molar-refractivity contribution is -0.125. The summed E-state index contributed by atoms with van der Waals surface area (Å²) in [6.45, 7) is 2.26. The first-order valence-electron chi connectivity index (χ1n) is 12.9. The van der Waals surface area contributed by atoms with E-state index in [9.17, 15) is 4.79 Å². The smallest absolute Gasteiger partial charge is 0.246 e. The lowest BCUT2D eigenvalue weighted by atomic mass is 9.71. The first-order chi connectivity index (χ1) is 18.5. The Kier molecular flexibility index (Phi) is 6.29. The van der Waals surface area contributed by atoms with E-state index in [1.54, 1.807) is 6.08 Å². The van der Waals surface area contributed by atoms with Crippen molar-refractivity contribution in [2.24, 2.45) is 11.8 Å². The summed E-state index contributed by atoms with van der Waals surface area (Å²) in [6, 6.07) is 17.7. The Morgan fingerprint density at radius 3 is 2.61 bits per heavy atom. The highest BCUT2D eigenvalue weighted by Gasteiger charge is 2.50. The molecule has 9 heteroatoms. The van der Waals surface area contributed by atoms with E-state index in [0.717, 1.165) is 59.8 Å². The van der Waals surface area contributed by atoms with Gasteiger partial charge in [0.05, 0.1) is 11.4 Å². The van der Waals surface area contributed by atoms with Crippen LogP contribution in [0.3, 0.4) is 0 Å². The van der Waals surface area contributed by atoms with Gasteiger partial charge in [-0.2, -0.15) is 5.10 Å². The molecule has 6 rings (SSSR count). The highest BCUT2D eigenvalue weighted by atomic mass is 16.5. The van der Waals surface area contributed by atoms with E-state index in [2.05, 4.69) is 9.97 Å². The highest BCUT2D eigenvalue weighted by Crippen LogP contribution is 2.50. The maximum Gasteiger partial charge on any atom is 0.246 e. The van der Waals surface area contributed by atoms with Gasteiger partial charge in [0.15, 0.2) is 5.65 Å². The Morgan fingerprint density at radius 2 is 1.84 bits per heavy atom. The van der Waals surface area contributed by atoms with Gasteiger partial charge in [-0.05, 0) is 62.8 Å². The summed E-state index contributed by atoms with van der Waals surface area (Å²) in [7, 11) is 3.97. The molecule has 0 radical (unpaired) electrons. The minimum atomic E-state index is 0.0791. The number of nitrogen functional groups attached to an aromatic ring is 1. The van der Waals surface area contributed by atoms with Crippen LogP contribution in [-0.4, -0.2) is 69.2 Å². The molecule has 1 amide bonds. The molecule has 3 heterocycles. The van der Waals surface area contributed by atoms with Crippen LogP contribution in [0.5, 0.6) is 11.5 Å². The van der Waals surface area contributed by atoms with Gasteiger partial charge in [-0.25, -0.2) is 14.6 Å². The Balaban J connectivity index is 1.24. The van der Waals surface area contributed by atoms with Gasteiger partial charge in [0.25, 0.3) is 0 Å². The minimum Gasteiger partial charge on any atom is -0.457 e. The van der Waals surface area contributed by atoms with Gasteiger partial charge in [0, 0.05) is 37.2 Å². The molecule has 4 aromatic rings. The maximum absolute atomic E-state index is 12.7.